The molecule has 0 N–H and O–H groups in total. The van der Waals surface area contributed by atoms with Crippen LogP contribution in [-0.2, 0) is 6.42 Å². The molecule has 0 aromatic carbocycles. The molecule has 2 aromatic heterocycles. The van der Waals surface area contributed by atoms with Gasteiger partial charge in [-0.05, 0) is 51.7 Å². The van der Waals surface area contributed by atoms with Gasteiger partial charge in [0.1, 0.15) is 0 Å². The highest BCUT2D eigenvalue weighted by molar-refractivity contribution is 5.16. The number of hydrogen-bond donors (Lipinski definition) is 0. The Kier molecular flexibility index (Phi) is 5.36. The topological polar surface area (TPSA) is 44.1 Å². The molecule has 0 saturated heterocycles. The third-order valence-electron chi connectivity index (χ3n) is 3.60. The highest BCUT2D eigenvalue weighted by Gasteiger charge is 2.07. The van der Waals surface area contributed by atoms with Gasteiger partial charge in [0.15, 0.2) is 0 Å². The molecule has 2 rings (SSSR count). The lowest BCUT2D eigenvalue weighted by Crippen LogP contribution is -2.21. The summed E-state index contributed by atoms with van der Waals surface area (Å²) in [4.78, 5) is 16.0. The van der Waals surface area contributed by atoms with Crippen molar-refractivity contribution in [1.29, 1.82) is 0 Å². The molecule has 0 aliphatic rings. The summed E-state index contributed by atoms with van der Waals surface area (Å²) in [7, 11) is 0. The second-order valence-corrected chi connectivity index (χ2v) is 6.02. The van der Waals surface area contributed by atoms with Crippen LogP contribution in [0.4, 0.5) is 0 Å². The highest BCUT2D eigenvalue weighted by atomic mass is 16.5. The Morgan fingerprint density at radius 2 is 1.95 bits per heavy atom. The zero-order valence-electron chi connectivity index (χ0n) is 13.7. The molecule has 0 radical (unpaired) electrons. The number of aromatic nitrogens is 2. The molecule has 22 heavy (non-hydrogen) atoms. The molecule has 0 aliphatic carbocycles. The molecule has 4 nitrogen and oxygen atoms in total. The molecule has 4 heteroatoms. The zero-order valence-corrected chi connectivity index (χ0v) is 13.7. The Bertz CT molecular complexity index is 660. The summed E-state index contributed by atoms with van der Waals surface area (Å²) in [5.74, 6) is 0.658. The van der Waals surface area contributed by atoms with E-state index in [2.05, 4.69) is 4.98 Å². The third-order valence-corrected chi connectivity index (χ3v) is 3.60. The average molecular weight is 300 g/mol. The molecule has 0 saturated carbocycles. The molecule has 0 spiro atoms. The molecule has 0 bridgehead atoms. The van der Waals surface area contributed by atoms with E-state index < -0.39 is 0 Å². The molecule has 1 unspecified atom stereocenters. The zero-order chi connectivity index (χ0) is 16.1. The SMILES string of the molecule is Cc1ccc(OC(C)CCc2ccc(=O)n(C(C)C)c2)nc1. The van der Waals surface area contributed by atoms with Crippen LogP contribution < -0.4 is 10.3 Å². The summed E-state index contributed by atoms with van der Waals surface area (Å²) in [6, 6.07) is 7.61. The Labute approximate surface area is 131 Å². The maximum Gasteiger partial charge on any atom is 0.250 e. The second kappa shape index (κ2) is 7.25. The lowest BCUT2D eigenvalue weighted by molar-refractivity contribution is 0.202. The summed E-state index contributed by atoms with van der Waals surface area (Å²) in [5, 5.41) is 0. The van der Waals surface area contributed by atoms with E-state index in [1.54, 1.807) is 16.8 Å². The average Bonchev–Trinajstić information content (AvgIpc) is 2.48. The monoisotopic (exact) mass is 300 g/mol. The molecule has 118 valence electrons. The normalized spacial score (nSPS) is 12.4. The van der Waals surface area contributed by atoms with Gasteiger partial charge in [-0.1, -0.05) is 12.1 Å². The summed E-state index contributed by atoms with van der Waals surface area (Å²) < 4.78 is 7.58. The first-order valence-corrected chi connectivity index (χ1v) is 7.76. The minimum atomic E-state index is 0.0481. The first-order chi connectivity index (χ1) is 10.5. The van der Waals surface area contributed by atoms with Gasteiger partial charge in [-0.25, -0.2) is 4.98 Å². The van der Waals surface area contributed by atoms with E-state index >= 15 is 0 Å². The van der Waals surface area contributed by atoms with Gasteiger partial charge in [0, 0.05) is 30.6 Å². The Morgan fingerprint density at radius 1 is 1.18 bits per heavy atom. The van der Waals surface area contributed by atoms with Crippen molar-refractivity contribution < 1.29 is 4.74 Å². The van der Waals surface area contributed by atoms with Gasteiger partial charge in [0.2, 0.25) is 5.88 Å². The van der Waals surface area contributed by atoms with Crippen molar-refractivity contribution in [2.24, 2.45) is 0 Å². The fourth-order valence-corrected chi connectivity index (χ4v) is 2.26. The van der Waals surface area contributed by atoms with Crippen LogP contribution in [0.1, 0.15) is 44.4 Å². The van der Waals surface area contributed by atoms with Crippen LogP contribution in [0, 0.1) is 6.92 Å². The van der Waals surface area contributed by atoms with Crippen molar-refractivity contribution >= 4 is 0 Å². The maximum absolute atomic E-state index is 11.7. The molecular weight excluding hydrogens is 276 g/mol. The smallest absolute Gasteiger partial charge is 0.250 e. The lowest BCUT2D eigenvalue weighted by Gasteiger charge is -2.15. The molecule has 2 aromatic rings. The maximum atomic E-state index is 11.7. The summed E-state index contributed by atoms with van der Waals surface area (Å²) in [6.45, 7) is 8.07. The predicted molar refractivity (Wildman–Crippen MR) is 88.5 cm³/mol. The van der Waals surface area contributed by atoms with E-state index in [1.165, 1.54) is 0 Å². The third kappa shape index (κ3) is 4.45. The Morgan fingerprint density at radius 3 is 2.59 bits per heavy atom. The number of hydrogen-bond acceptors (Lipinski definition) is 3. The molecule has 0 aliphatic heterocycles. The summed E-state index contributed by atoms with van der Waals surface area (Å²) in [6.07, 6.45) is 5.59. The fourth-order valence-electron chi connectivity index (χ4n) is 2.26. The first-order valence-electron chi connectivity index (χ1n) is 7.76. The van der Waals surface area contributed by atoms with Gasteiger partial charge in [-0.3, -0.25) is 4.79 Å². The van der Waals surface area contributed by atoms with Crippen molar-refractivity contribution in [3.8, 4) is 5.88 Å². The van der Waals surface area contributed by atoms with Crippen LogP contribution in [0.25, 0.3) is 0 Å². The second-order valence-electron chi connectivity index (χ2n) is 6.02. The van der Waals surface area contributed by atoms with E-state index in [4.69, 9.17) is 4.74 Å². The van der Waals surface area contributed by atoms with Crippen molar-refractivity contribution in [2.75, 3.05) is 0 Å². The van der Waals surface area contributed by atoms with Gasteiger partial charge in [-0.15, -0.1) is 0 Å². The van der Waals surface area contributed by atoms with E-state index in [1.807, 2.05) is 52.1 Å². The van der Waals surface area contributed by atoms with Crippen LogP contribution in [0.5, 0.6) is 5.88 Å². The van der Waals surface area contributed by atoms with Crippen LogP contribution in [0.15, 0.2) is 41.5 Å². The standard InChI is InChI=1S/C18H24N2O2/c1-13(2)20-12-16(8-10-18(20)21)7-6-15(4)22-17-9-5-14(3)11-19-17/h5,8-13,15H,6-7H2,1-4H3. The summed E-state index contributed by atoms with van der Waals surface area (Å²) >= 11 is 0. The number of pyridine rings is 2. The van der Waals surface area contributed by atoms with Gasteiger partial charge in [0.05, 0.1) is 6.10 Å². The van der Waals surface area contributed by atoms with Gasteiger partial charge in [-0.2, -0.15) is 0 Å². The molecule has 0 amide bonds. The minimum absolute atomic E-state index is 0.0481. The van der Waals surface area contributed by atoms with Crippen molar-refractivity contribution in [2.45, 2.75) is 52.7 Å². The van der Waals surface area contributed by atoms with Crippen molar-refractivity contribution in [3.05, 3.63) is 58.1 Å². The number of rotatable bonds is 6. The van der Waals surface area contributed by atoms with Crippen molar-refractivity contribution in [1.82, 2.24) is 9.55 Å². The highest BCUT2D eigenvalue weighted by Crippen LogP contribution is 2.13. The number of nitrogens with zero attached hydrogens (tertiary/aromatic N) is 2. The van der Waals surface area contributed by atoms with Gasteiger partial charge >= 0.3 is 0 Å². The quantitative estimate of drug-likeness (QED) is 0.819. The lowest BCUT2D eigenvalue weighted by atomic mass is 10.1. The largest absolute Gasteiger partial charge is 0.475 e. The number of aryl methyl sites for hydroxylation is 2. The van der Waals surface area contributed by atoms with Gasteiger partial charge < -0.3 is 9.30 Å². The van der Waals surface area contributed by atoms with E-state index in [9.17, 15) is 4.79 Å². The Hall–Kier alpha value is -2.10. The van der Waals surface area contributed by atoms with Crippen molar-refractivity contribution in [3.63, 3.8) is 0 Å². The van der Waals surface area contributed by atoms with E-state index in [0.717, 1.165) is 24.0 Å². The first kappa shape index (κ1) is 16.3. The van der Waals surface area contributed by atoms with Crippen LogP contribution in [0.3, 0.4) is 0 Å². The van der Waals surface area contributed by atoms with Crippen LogP contribution in [-0.4, -0.2) is 15.7 Å². The summed E-state index contributed by atoms with van der Waals surface area (Å²) in [5.41, 5.74) is 2.32. The Balaban J connectivity index is 1.93. The predicted octanol–water partition coefficient (Wildman–Crippen LogP) is 3.53. The molecular formula is C18H24N2O2. The van der Waals surface area contributed by atoms with E-state index in [0.29, 0.717) is 5.88 Å². The molecule has 0 fully saturated rings. The molecule has 1 atom stereocenters. The minimum Gasteiger partial charge on any atom is -0.475 e. The molecule has 2 heterocycles. The van der Waals surface area contributed by atoms with Crippen LogP contribution in [0.2, 0.25) is 0 Å². The number of ether oxygens (including phenoxy) is 1. The fraction of sp³-hybridized carbons (Fsp3) is 0.444. The van der Waals surface area contributed by atoms with Crippen LogP contribution >= 0.6 is 0 Å². The van der Waals surface area contributed by atoms with E-state index in [-0.39, 0.29) is 17.7 Å². The van der Waals surface area contributed by atoms with Gasteiger partial charge in [0.25, 0.3) is 5.56 Å².